The highest BCUT2D eigenvalue weighted by Gasteiger charge is 2.33. The molecule has 1 heterocycles. The topological polar surface area (TPSA) is 110 Å². The number of ether oxygens (including phenoxy) is 2. The Morgan fingerprint density at radius 2 is 1.83 bits per heavy atom. The zero-order valence-electron chi connectivity index (χ0n) is 13.4. The third-order valence-electron chi connectivity index (χ3n) is 3.65. The van der Waals surface area contributed by atoms with Crippen LogP contribution >= 0.6 is 0 Å². The number of hydrogen-bond acceptors (Lipinski definition) is 6. The molecule has 2 atom stereocenters. The summed E-state index contributed by atoms with van der Waals surface area (Å²) in [6, 6.07) is -0.145. The molecule has 1 amide bonds. The smallest absolute Gasteiger partial charge is 0.317 e. The predicted octanol–water partition coefficient (Wildman–Crippen LogP) is 0.727. The van der Waals surface area contributed by atoms with E-state index in [0.29, 0.717) is 25.8 Å². The van der Waals surface area contributed by atoms with Gasteiger partial charge in [0.15, 0.2) is 0 Å². The van der Waals surface area contributed by atoms with E-state index in [2.05, 4.69) is 0 Å². The first kappa shape index (κ1) is 18.9. The lowest BCUT2D eigenvalue weighted by Crippen LogP contribution is -2.48. The Morgan fingerprint density at radius 1 is 1.13 bits per heavy atom. The van der Waals surface area contributed by atoms with Crippen molar-refractivity contribution in [2.75, 3.05) is 13.2 Å². The SMILES string of the molecule is CCOC(=O)CC(=O)N1CCC(OC(=O)CC(=O)O)CC1CC. The van der Waals surface area contributed by atoms with Crippen LogP contribution in [0.2, 0.25) is 0 Å². The van der Waals surface area contributed by atoms with Gasteiger partial charge in [-0.15, -0.1) is 0 Å². The number of nitrogens with zero attached hydrogens (tertiary/aromatic N) is 1. The molecule has 1 saturated heterocycles. The van der Waals surface area contributed by atoms with Crippen molar-refractivity contribution in [2.24, 2.45) is 0 Å². The molecule has 0 radical (unpaired) electrons. The number of carbonyl (C=O) groups excluding carboxylic acids is 3. The molecular weight excluding hydrogens is 306 g/mol. The molecule has 1 N–H and O–H groups in total. The van der Waals surface area contributed by atoms with Gasteiger partial charge in [-0.25, -0.2) is 0 Å². The molecule has 0 saturated carbocycles. The van der Waals surface area contributed by atoms with Gasteiger partial charge in [-0.2, -0.15) is 0 Å². The average Bonchev–Trinajstić information content (AvgIpc) is 2.46. The molecule has 0 aromatic heterocycles. The van der Waals surface area contributed by atoms with Gasteiger partial charge in [0, 0.05) is 25.4 Å². The van der Waals surface area contributed by atoms with E-state index in [-0.39, 0.29) is 25.0 Å². The van der Waals surface area contributed by atoms with Crippen molar-refractivity contribution in [3.8, 4) is 0 Å². The molecule has 1 fully saturated rings. The van der Waals surface area contributed by atoms with E-state index >= 15 is 0 Å². The fourth-order valence-electron chi connectivity index (χ4n) is 2.62. The highest BCUT2D eigenvalue weighted by Crippen LogP contribution is 2.23. The Hall–Kier alpha value is -2.12. The van der Waals surface area contributed by atoms with E-state index in [1.54, 1.807) is 11.8 Å². The maximum Gasteiger partial charge on any atom is 0.317 e. The van der Waals surface area contributed by atoms with Crippen LogP contribution in [0.5, 0.6) is 0 Å². The number of amides is 1. The fourth-order valence-corrected chi connectivity index (χ4v) is 2.62. The summed E-state index contributed by atoms with van der Waals surface area (Å²) in [6.07, 6.45) is 0.152. The maximum absolute atomic E-state index is 12.2. The van der Waals surface area contributed by atoms with Crippen LogP contribution in [0, 0.1) is 0 Å². The van der Waals surface area contributed by atoms with Gasteiger partial charge in [-0.3, -0.25) is 19.2 Å². The maximum atomic E-state index is 12.2. The van der Waals surface area contributed by atoms with Gasteiger partial charge in [0.2, 0.25) is 5.91 Å². The minimum absolute atomic E-state index is 0.145. The highest BCUT2D eigenvalue weighted by atomic mass is 16.5. The lowest BCUT2D eigenvalue weighted by atomic mass is 9.97. The zero-order chi connectivity index (χ0) is 17.4. The van der Waals surface area contributed by atoms with Crippen molar-refractivity contribution in [1.82, 2.24) is 4.90 Å². The first-order chi connectivity index (χ1) is 10.9. The highest BCUT2D eigenvalue weighted by molar-refractivity contribution is 5.94. The van der Waals surface area contributed by atoms with Crippen molar-refractivity contribution in [3.05, 3.63) is 0 Å². The minimum Gasteiger partial charge on any atom is -0.481 e. The number of rotatable bonds is 7. The van der Waals surface area contributed by atoms with E-state index < -0.39 is 30.4 Å². The summed E-state index contributed by atoms with van der Waals surface area (Å²) in [7, 11) is 0. The summed E-state index contributed by atoms with van der Waals surface area (Å²) in [5.74, 6) is -2.86. The molecule has 130 valence electrons. The number of hydrogen-bond donors (Lipinski definition) is 1. The third kappa shape index (κ3) is 6.25. The second-order valence-electron chi connectivity index (χ2n) is 5.34. The second-order valence-corrected chi connectivity index (χ2v) is 5.34. The van der Waals surface area contributed by atoms with E-state index in [1.807, 2.05) is 6.92 Å². The van der Waals surface area contributed by atoms with Crippen LogP contribution in [-0.2, 0) is 28.7 Å². The molecule has 0 aliphatic carbocycles. The van der Waals surface area contributed by atoms with Crippen molar-refractivity contribution in [3.63, 3.8) is 0 Å². The summed E-state index contributed by atoms with van der Waals surface area (Å²) in [4.78, 5) is 47.1. The Labute approximate surface area is 134 Å². The molecule has 8 nitrogen and oxygen atoms in total. The van der Waals surface area contributed by atoms with Crippen LogP contribution in [-0.4, -0.2) is 59.1 Å². The molecule has 0 bridgehead atoms. The van der Waals surface area contributed by atoms with Crippen LogP contribution in [0.1, 0.15) is 46.0 Å². The molecule has 23 heavy (non-hydrogen) atoms. The Bertz CT molecular complexity index is 463. The predicted molar refractivity (Wildman–Crippen MR) is 78.4 cm³/mol. The van der Waals surface area contributed by atoms with Gasteiger partial charge in [-0.1, -0.05) is 6.92 Å². The number of carboxylic acids is 1. The first-order valence-electron chi connectivity index (χ1n) is 7.73. The fraction of sp³-hybridized carbons (Fsp3) is 0.733. The zero-order valence-corrected chi connectivity index (χ0v) is 13.4. The third-order valence-corrected chi connectivity index (χ3v) is 3.65. The summed E-state index contributed by atoms with van der Waals surface area (Å²) in [6.45, 7) is 4.16. The van der Waals surface area contributed by atoms with Gasteiger partial charge < -0.3 is 19.5 Å². The monoisotopic (exact) mass is 329 g/mol. The molecule has 8 heteroatoms. The lowest BCUT2D eigenvalue weighted by Gasteiger charge is -2.38. The second kappa shape index (κ2) is 9.12. The number of aliphatic carboxylic acids is 1. The van der Waals surface area contributed by atoms with E-state index in [0.717, 1.165) is 0 Å². The van der Waals surface area contributed by atoms with Gasteiger partial charge in [0.05, 0.1) is 6.61 Å². The molecule has 0 aromatic carbocycles. The summed E-state index contributed by atoms with van der Waals surface area (Å²) in [5, 5.41) is 8.56. The lowest BCUT2D eigenvalue weighted by molar-refractivity contribution is -0.158. The molecule has 2 unspecified atom stereocenters. The van der Waals surface area contributed by atoms with Crippen molar-refractivity contribution >= 4 is 23.8 Å². The molecule has 1 aliphatic heterocycles. The normalized spacial score (nSPS) is 20.7. The summed E-state index contributed by atoms with van der Waals surface area (Å²) in [5.41, 5.74) is 0. The Kier molecular flexibility index (Phi) is 7.50. The minimum atomic E-state index is -1.23. The Morgan fingerprint density at radius 3 is 2.39 bits per heavy atom. The quantitative estimate of drug-likeness (QED) is 0.541. The summed E-state index contributed by atoms with van der Waals surface area (Å²) < 4.78 is 9.90. The average molecular weight is 329 g/mol. The van der Waals surface area contributed by atoms with E-state index in [1.165, 1.54) is 0 Å². The molecule has 1 rings (SSSR count). The van der Waals surface area contributed by atoms with Crippen molar-refractivity contribution < 1.29 is 33.8 Å². The van der Waals surface area contributed by atoms with Gasteiger partial charge in [0.25, 0.3) is 0 Å². The van der Waals surface area contributed by atoms with Gasteiger partial charge in [0.1, 0.15) is 18.9 Å². The van der Waals surface area contributed by atoms with E-state index in [9.17, 15) is 19.2 Å². The van der Waals surface area contributed by atoms with Crippen LogP contribution in [0.15, 0.2) is 0 Å². The summed E-state index contributed by atoms with van der Waals surface area (Å²) >= 11 is 0. The Balaban J connectivity index is 2.55. The van der Waals surface area contributed by atoms with Crippen LogP contribution in [0.3, 0.4) is 0 Å². The van der Waals surface area contributed by atoms with Crippen molar-refractivity contribution in [2.45, 2.75) is 58.1 Å². The molecule has 1 aliphatic rings. The van der Waals surface area contributed by atoms with Crippen LogP contribution < -0.4 is 0 Å². The van der Waals surface area contributed by atoms with Crippen molar-refractivity contribution in [1.29, 1.82) is 0 Å². The number of carboxylic acid groups (broad SMARTS) is 1. The first-order valence-corrected chi connectivity index (χ1v) is 7.73. The largest absolute Gasteiger partial charge is 0.481 e. The number of esters is 2. The standard InChI is InChI=1S/C15H23NO7/c1-3-10-7-11(23-15(21)9-13(18)19)5-6-16(10)12(17)8-14(20)22-4-2/h10-11H,3-9H2,1-2H3,(H,18,19). The molecular formula is C15H23NO7. The van der Waals surface area contributed by atoms with Gasteiger partial charge >= 0.3 is 17.9 Å². The molecule has 0 spiro atoms. The van der Waals surface area contributed by atoms with Crippen LogP contribution in [0.4, 0.5) is 0 Å². The van der Waals surface area contributed by atoms with E-state index in [4.69, 9.17) is 14.6 Å². The number of carbonyl (C=O) groups is 4. The van der Waals surface area contributed by atoms with Crippen LogP contribution in [0.25, 0.3) is 0 Å². The molecule has 0 aromatic rings. The van der Waals surface area contributed by atoms with Gasteiger partial charge in [-0.05, 0) is 13.3 Å². The number of likely N-dealkylation sites (tertiary alicyclic amines) is 1. The number of piperidine rings is 1.